The van der Waals surface area contributed by atoms with Gasteiger partial charge in [0, 0.05) is 0 Å². The number of hydrogen-bond donors (Lipinski definition) is 0. The number of hydrogen-bond acceptors (Lipinski definition) is 0. The van der Waals surface area contributed by atoms with E-state index in [0.29, 0.717) is 0 Å². The summed E-state index contributed by atoms with van der Waals surface area (Å²) in [5.41, 5.74) is 0. The minimum atomic E-state index is 0.237. The van der Waals surface area contributed by atoms with Crippen LogP contribution in [0, 0.1) is 0 Å². The molecule has 0 saturated heterocycles. The van der Waals surface area contributed by atoms with Gasteiger partial charge in [0.1, 0.15) is 0 Å². The predicted molar refractivity (Wildman–Crippen MR) is 59.1 cm³/mol. The topological polar surface area (TPSA) is 0 Å². The van der Waals surface area contributed by atoms with E-state index in [1.807, 2.05) is 0 Å². The zero-order valence-electron chi connectivity index (χ0n) is 8.21. The SMILES string of the molecule is CCCP(CCC)C1=CC=CC1. The fraction of sp³-hybridized carbons (Fsp3) is 0.636. The fourth-order valence-electron chi connectivity index (χ4n) is 1.61. The molecule has 1 aliphatic carbocycles. The molecule has 0 atom stereocenters. The van der Waals surface area contributed by atoms with Crippen LogP contribution in [0.2, 0.25) is 0 Å². The van der Waals surface area contributed by atoms with Crippen molar-refractivity contribution in [3.63, 3.8) is 0 Å². The molecule has 1 heteroatoms. The lowest BCUT2D eigenvalue weighted by atomic mass is 10.5. The third kappa shape index (κ3) is 2.75. The van der Waals surface area contributed by atoms with E-state index in [2.05, 4.69) is 32.1 Å². The molecule has 0 aliphatic heterocycles. The van der Waals surface area contributed by atoms with Crippen molar-refractivity contribution in [1.29, 1.82) is 0 Å². The van der Waals surface area contributed by atoms with Crippen LogP contribution in [0.3, 0.4) is 0 Å². The molecule has 0 bridgehead atoms. The van der Waals surface area contributed by atoms with Crippen LogP contribution in [0.25, 0.3) is 0 Å². The third-order valence-corrected chi connectivity index (χ3v) is 5.26. The largest absolute Gasteiger partial charge is 0.0801 e. The molecule has 0 spiro atoms. The molecule has 0 amide bonds. The molecule has 68 valence electrons. The molecule has 12 heavy (non-hydrogen) atoms. The van der Waals surface area contributed by atoms with Gasteiger partial charge in [-0.25, -0.2) is 0 Å². The second-order valence-corrected chi connectivity index (χ2v) is 5.83. The average Bonchev–Trinajstić information content (AvgIpc) is 2.56. The molecule has 1 aliphatic rings. The van der Waals surface area contributed by atoms with Crippen LogP contribution >= 0.6 is 7.92 Å². The highest BCUT2D eigenvalue weighted by Crippen LogP contribution is 2.48. The summed E-state index contributed by atoms with van der Waals surface area (Å²) in [6.07, 6.45) is 13.7. The van der Waals surface area contributed by atoms with Gasteiger partial charge >= 0.3 is 0 Å². The van der Waals surface area contributed by atoms with Crippen molar-refractivity contribution in [3.05, 3.63) is 23.5 Å². The minimum Gasteiger partial charge on any atom is -0.0801 e. The molecule has 0 fully saturated rings. The van der Waals surface area contributed by atoms with E-state index >= 15 is 0 Å². The predicted octanol–water partition coefficient (Wildman–Crippen LogP) is 4.13. The van der Waals surface area contributed by atoms with Crippen molar-refractivity contribution < 1.29 is 0 Å². The van der Waals surface area contributed by atoms with Crippen molar-refractivity contribution in [2.75, 3.05) is 12.3 Å². The minimum absolute atomic E-state index is 0.237. The molecule has 0 aromatic heterocycles. The Morgan fingerprint density at radius 1 is 1.25 bits per heavy atom. The van der Waals surface area contributed by atoms with Gasteiger partial charge in [0.15, 0.2) is 0 Å². The average molecular weight is 182 g/mol. The van der Waals surface area contributed by atoms with Crippen LogP contribution in [-0.4, -0.2) is 12.3 Å². The first-order valence-electron chi connectivity index (χ1n) is 4.99. The molecule has 0 saturated carbocycles. The first kappa shape index (κ1) is 9.99. The quantitative estimate of drug-likeness (QED) is 0.561. The van der Waals surface area contributed by atoms with E-state index in [0.717, 1.165) is 0 Å². The van der Waals surface area contributed by atoms with Gasteiger partial charge in [-0.05, 0) is 24.1 Å². The van der Waals surface area contributed by atoms with E-state index < -0.39 is 0 Å². The summed E-state index contributed by atoms with van der Waals surface area (Å²) in [5.74, 6) is 0. The van der Waals surface area contributed by atoms with E-state index in [9.17, 15) is 0 Å². The standard InChI is InChI=1S/C11H19P/c1-3-9-12(10-4-2)11-7-5-6-8-11/h5-7H,3-4,8-10H2,1-2H3. The molecular formula is C11H19P. The maximum atomic E-state index is 2.34. The Bertz CT molecular complexity index is 173. The summed E-state index contributed by atoms with van der Waals surface area (Å²) >= 11 is 0. The van der Waals surface area contributed by atoms with Crippen molar-refractivity contribution in [3.8, 4) is 0 Å². The zero-order valence-corrected chi connectivity index (χ0v) is 9.11. The summed E-state index contributed by atoms with van der Waals surface area (Å²) < 4.78 is 0. The van der Waals surface area contributed by atoms with Gasteiger partial charge in [-0.2, -0.15) is 0 Å². The molecular weight excluding hydrogens is 163 g/mol. The lowest BCUT2D eigenvalue weighted by Crippen LogP contribution is -1.90. The zero-order chi connectivity index (χ0) is 8.81. The fourth-order valence-corrected chi connectivity index (χ4v) is 4.15. The normalized spacial score (nSPS) is 15.8. The van der Waals surface area contributed by atoms with Gasteiger partial charge in [-0.15, -0.1) is 0 Å². The molecule has 0 heterocycles. The summed E-state index contributed by atoms with van der Waals surface area (Å²) in [7, 11) is 0.237. The van der Waals surface area contributed by atoms with Crippen LogP contribution in [0.1, 0.15) is 33.1 Å². The second-order valence-electron chi connectivity index (χ2n) is 3.28. The first-order valence-corrected chi connectivity index (χ1v) is 6.70. The number of rotatable bonds is 5. The van der Waals surface area contributed by atoms with Crippen molar-refractivity contribution in [2.24, 2.45) is 0 Å². The molecule has 0 radical (unpaired) electrons. The molecule has 0 N–H and O–H groups in total. The maximum Gasteiger partial charge on any atom is -0.00899 e. The second kappa shape index (κ2) is 5.54. The number of allylic oxidation sites excluding steroid dienone is 4. The van der Waals surface area contributed by atoms with Crippen LogP contribution in [-0.2, 0) is 0 Å². The Hall–Kier alpha value is -0.0900. The highest BCUT2D eigenvalue weighted by molar-refractivity contribution is 7.62. The monoisotopic (exact) mass is 182 g/mol. The summed E-state index contributed by atoms with van der Waals surface area (Å²) in [5, 5.41) is 1.73. The van der Waals surface area contributed by atoms with Gasteiger partial charge in [-0.3, -0.25) is 0 Å². The van der Waals surface area contributed by atoms with Gasteiger partial charge in [0.2, 0.25) is 0 Å². The smallest absolute Gasteiger partial charge is 0.00899 e. The van der Waals surface area contributed by atoms with Crippen LogP contribution in [0.15, 0.2) is 23.5 Å². The van der Waals surface area contributed by atoms with E-state index in [1.165, 1.54) is 31.6 Å². The summed E-state index contributed by atoms with van der Waals surface area (Å²) in [4.78, 5) is 0. The Labute approximate surface area is 77.5 Å². The first-order chi connectivity index (χ1) is 5.88. The molecule has 0 unspecified atom stereocenters. The Morgan fingerprint density at radius 2 is 1.92 bits per heavy atom. The van der Waals surface area contributed by atoms with Crippen molar-refractivity contribution in [1.82, 2.24) is 0 Å². The highest BCUT2D eigenvalue weighted by atomic mass is 31.1. The van der Waals surface area contributed by atoms with E-state index in [-0.39, 0.29) is 7.92 Å². The Balaban J connectivity index is 2.41. The lowest BCUT2D eigenvalue weighted by Gasteiger charge is -2.17. The van der Waals surface area contributed by atoms with Gasteiger partial charge < -0.3 is 0 Å². The van der Waals surface area contributed by atoms with Crippen molar-refractivity contribution >= 4 is 7.92 Å². The Kier molecular flexibility index (Phi) is 4.61. The maximum absolute atomic E-state index is 2.34. The van der Waals surface area contributed by atoms with Gasteiger partial charge in [-0.1, -0.05) is 52.8 Å². The molecule has 0 aromatic rings. The summed E-state index contributed by atoms with van der Waals surface area (Å²) in [6.45, 7) is 4.60. The van der Waals surface area contributed by atoms with Crippen LogP contribution in [0.5, 0.6) is 0 Å². The van der Waals surface area contributed by atoms with E-state index in [1.54, 1.807) is 5.31 Å². The van der Waals surface area contributed by atoms with Crippen molar-refractivity contribution in [2.45, 2.75) is 33.1 Å². The molecule has 0 aromatic carbocycles. The molecule has 1 rings (SSSR count). The summed E-state index contributed by atoms with van der Waals surface area (Å²) in [6, 6.07) is 0. The Morgan fingerprint density at radius 3 is 2.33 bits per heavy atom. The van der Waals surface area contributed by atoms with Crippen LogP contribution < -0.4 is 0 Å². The van der Waals surface area contributed by atoms with Crippen LogP contribution in [0.4, 0.5) is 0 Å². The highest BCUT2D eigenvalue weighted by Gasteiger charge is 2.11. The van der Waals surface area contributed by atoms with Gasteiger partial charge in [0.25, 0.3) is 0 Å². The molecule has 0 nitrogen and oxygen atoms in total. The van der Waals surface area contributed by atoms with Gasteiger partial charge in [0.05, 0.1) is 0 Å². The third-order valence-electron chi connectivity index (χ3n) is 2.14. The lowest BCUT2D eigenvalue weighted by molar-refractivity contribution is 1.05. The van der Waals surface area contributed by atoms with E-state index in [4.69, 9.17) is 0 Å².